The maximum absolute atomic E-state index is 13.0. The molecule has 1 aromatic carbocycles. The molecular formula is C15H19FN4O2S. The molecule has 0 N–H and O–H groups in total. The summed E-state index contributed by atoms with van der Waals surface area (Å²) in [5.41, 5.74) is 1.06. The van der Waals surface area contributed by atoms with Crippen LogP contribution in [-0.4, -0.2) is 40.6 Å². The number of rotatable bonds is 3. The lowest BCUT2D eigenvalue weighted by Gasteiger charge is -2.19. The average molecular weight is 338 g/mol. The quantitative estimate of drug-likeness (QED) is 0.857. The fraction of sp³-hybridized carbons (Fsp3) is 0.467. The number of halogens is 1. The molecule has 1 aromatic heterocycles. The first kappa shape index (κ1) is 16.1. The molecule has 0 amide bonds. The Morgan fingerprint density at radius 2 is 1.91 bits per heavy atom. The summed E-state index contributed by atoms with van der Waals surface area (Å²) >= 11 is 0. The van der Waals surface area contributed by atoms with E-state index in [1.54, 1.807) is 19.2 Å². The van der Waals surface area contributed by atoms with Gasteiger partial charge in [-0.2, -0.15) is 4.31 Å². The molecule has 1 saturated heterocycles. The second kappa shape index (κ2) is 6.37. The minimum absolute atomic E-state index is 0.0299. The molecule has 0 spiro atoms. The highest BCUT2D eigenvalue weighted by Crippen LogP contribution is 2.29. The zero-order valence-corrected chi connectivity index (χ0v) is 13.7. The van der Waals surface area contributed by atoms with E-state index in [-0.39, 0.29) is 16.9 Å². The maximum Gasteiger partial charge on any atom is 0.278 e. The topological polar surface area (TPSA) is 68.1 Å². The summed E-state index contributed by atoms with van der Waals surface area (Å²) < 4.78 is 41.3. The van der Waals surface area contributed by atoms with Gasteiger partial charge in [-0.25, -0.2) is 12.8 Å². The Morgan fingerprint density at radius 1 is 1.17 bits per heavy atom. The van der Waals surface area contributed by atoms with E-state index in [9.17, 15) is 12.8 Å². The van der Waals surface area contributed by atoms with Gasteiger partial charge in [-0.1, -0.05) is 12.1 Å². The van der Waals surface area contributed by atoms with Gasteiger partial charge in [-0.15, -0.1) is 10.2 Å². The zero-order valence-electron chi connectivity index (χ0n) is 12.9. The van der Waals surface area contributed by atoms with Crippen LogP contribution < -0.4 is 0 Å². The molecule has 1 aliphatic heterocycles. The highest BCUT2D eigenvalue weighted by Gasteiger charge is 2.31. The standard InChI is InChI=1S/C15H19FN4O2S/c1-19-11-17-18-15(19)23(21,22)20-9-2-3-12(8-10-20)13-4-6-14(16)7-5-13/h4-7,11-12H,2-3,8-10H2,1H3. The van der Waals surface area contributed by atoms with E-state index in [1.807, 2.05) is 0 Å². The number of benzene rings is 1. The Kier molecular flexibility index (Phi) is 4.45. The Balaban J connectivity index is 1.76. The number of aryl methyl sites for hydroxylation is 1. The van der Waals surface area contributed by atoms with E-state index in [2.05, 4.69) is 10.2 Å². The van der Waals surface area contributed by atoms with Crippen molar-refractivity contribution in [1.29, 1.82) is 0 Å². The van der Waals surface area contributed by atoms with Crippen LogP contribution in [-0.2, 0) is 17.1 Å². The van der Waals surface area contributed by atoms with Crippen LogP contribution in [0.1, 0.15) is 30.7 Å². The van der Waals surface area contributed by atoms with Crippen molar-refractivity contribution in [2.75, 3.05) is 13.1 Å². The molecule has 1 fully saturated rings. The van der Waals surface area contributed by atoms with Gasteiger partial charge in [0.2, 0.25) is 0 Å². The van der Waals surface area contributed by atoms with E-state index in [1.165, 1.54) is 27.3 Å². The molecular weight excluding hydrogens is 319 g/mol. The summed E-state index contributed by atoms with van der Waals surface area (Å²) in [5.74, 6) is -0.0100. The molecule has 2 heterocycles. The highest BCUT2D eigenvalue weighted by molar-refractivity contribution is 7.89. The van der Waals surface area contributed by atoms with Crippen LogP contribution in [0.2, 0.25) is 0 Å². The molecule has 0 aliphatic carbocycles. The first-order valence-corrected chi connectivity index (χ1v) is 9.02. The van der Waals surface area contributed by atoms with Gasteiger partial charge in [0, 0.05) is 20.1 Å². The minimum Gasteiger partial charge on any atom is -0.306 e. The molecule has 6 nitrogen and oxygen atoms in total. The van der Waals surface area contributed by atoms with Gasteiger partial charge in [0.05, 0.1) is 0 Å². The summed E-state index contributed by atoms with van der Waals surface area (Å²) in [6, 6.07) is 6.47. The molecule has 8 heteroatoms. The Labute approximate surface area is 135 Å². The van der Waals surface area contributed by atoms with Crippen molar-refractivity contribution in [3.8, 4) is 0 Å². The normalized spacial score (nSPS) is 20.3. The zero-order chi connectivity index (χ0) is 16.4. The summed E-state index contributed by atoms with van der Waals surface area (Å²) in [7, 11) is -2.01. The molecule has 1 atom stereocenters. The van der Waals surface area contributed by atoms with E-state index in [4.69, 9.17) is 0 Å². The third-order valence-electron chi connectivity index (χ3n) is 4.27. The number of hydrogen-bond donors (Lipinski definition) is 0. The minimum atomic E-state index is -3.62. The Bertz CT molecular complexity index is 773. The van der Waals surface area contributed by atoms with Crippen LogP contribution in [0, 0.1) is 5.82 Å². The van der Waals surface area contributed by atoms with Gasteiger partial charge in [-0.3, -0.25) is 0 Å². The second-order valence-corrected chi connectivity index (χ2v) is 7.64. The van der Waals surface area contributed by atoms with Crippen molar-refractivity contribution in [2.45, 2.75) is 30.3 Å². The highest BCUT2D eigenvalue weighted by atomic mass is 32.2. The predicted molar refractivity (Wildman–Crippen MR) is 82.8 cm³/mol. The van der Waals surface area contributed by atoms with Crippen molar-refractivity contribution in [2.24, 2.45) is 7.05 Å². The molecule has 23 heavy (non-hydrogen) atoms. The van der Waals surface area contributed by atoms with Crippen LogP contribution in [0.4, 0.5) is 4.39 Å². The monoisotopic (exact) mass is 338 g/mol. The largest absolute Gasteiger partial charge is 0.306 e. The summed E-state index contributed by atoms with van der Waals surface area (Å²) in [6.07, 6.45) is 3.74. The number of nitrogens with zero attached hydrogens (tertiary/aromatic N) is 4. The molecule has 2 aromatic rings. The van der Waals surface area contributed by atoms with Crippen molar-refractivity contribution in [1.82, 2.24) is 19.1 Å². The van der Waals surface area contributed by atoms with Crippen molar-refractivity contribution < 1.29 is 12.8 Å². The summed E-state index contributed by atoms with van der Waals surface area (Å²) in [5, 5.41) is 7.34. The van der Waals surface area contributed by atoms with Gasteiger partial charge in [-0.05, 0) is 42.9 Å². The first-order valence-electron chi connectivity index (χ1n) is 7.58. The Morgan fingerprint density at radius 3 is 2.57 bits per heavy atom. The van der Waals surface area contributed by atoms with Crippen LogP contribution in [0.3, 0.4) is 0 Å². The van der Waals surface area contributed by atoms with Crippen LogP contribution in [0.15, 0.2) is 35.7 Å². The number of aromatic nitrogens is 3. The molecule has 3 rings (SSSR count). The third kappa shape index (κ3) is 3.28. The number of hydrogen-bond acceptors (Lipinski definition) is 4. The molecule has 0 radical (unpaired) electrons. The van der Waals surface area contributed by atoms with Gasteiger partial charge in [0.25, 0.3) is 15.2 Å². The van der Waals surface area contributed by atoms with Crippen molar-refractivity contribution >= 4 is 10.0 Å². The first-order chi connectivity index (χ1) is 11.0. The van der Waals surface area contributed by atoms with Gasteiger partial charge in [0.1, 0.15) is 12.1 Å². The summed E-state index contributed by atoms with van der Waals surface area (Å²) in [4.78, 5) is 0. The molecule has 0 bridgehead atoms. The van der Waals surface area contributed by atoms with E-state index in [0.717, 1.165) is 18.4 Å². The van der Waals surface area contributed by atoms with E-state index in [0.29, 0.717) is 19.5 Å². The lowest BCUT2D eigenvalue weighted by molar-refractivity contribution is 0.414. The maximum atomic E-state index is 13.0. The smallest absolute Gasteiger partial charge is 0.278 e. The number of sulfonamides is 1. The lowest BCUT2D eigenvalue weighted by Crippen LogP contribution is -2.33. The fourth-order valence-electron chi connectivity index (χ4n) is 3.00. The van der Waals surface area contributed by atoms with E-state index >= 15 is 0 Å². The van der Waals surface area contributed by atoms with E-state index < -0.39 is 10.0 Å². The fourth-order valence-corrected chi connectivity index (χ4v) is 4.51. The van der Waals surface area contributed by atoms with Gasteiger partial charge < -0.3 is 4.57 Å². The van der Waals surface area contributed by atoms with Crippen LogP contribution in [0.25, 0.3) is 0 Å². The van der Waals surface area contributed by atoms with Gasteiger partial charge >= 0.3 is 0 Å². The van der Waals surface area contributed by atoms with Crippen LogP contribution in [0.5, 0.6) is 0 Å². The van der Waals surface area contributed by atoms with Crippen LogP contribution >= 0.6 is 0 Å². The predicted octanol–water partition coefficient (Wildman–Crippen LogP) is 1.91. The summed E-state index contributed by atoms with van der Waals surface area (Å²) in [6.45, 7) is 0.893. The van der Waals surface area contributed by atoms with Gasteiger partial charge in [0.15, 0.2) is 0 Å². The van der Waals surface area contributed by atoms with Crippen molar-refractivity contribution in [3.63, 3.8) is 0 Å². The Hall–Kier alpha value is -1.80. The average Bonchev–Trinajstić information content (AvgIpc) is 2.82. The van der Waals surface area contributed by atoms with Crippen molar-refractivity contribution in [3.05, 3.63) is 42.0 Å². The third-order valence-corrected chi connectivity index (χ3v) is 6.15. The molecule has 1 unspecified atom stereocenters. The molecule has 1 aliphatic rings. The second-order valence-electron chi connectivity index (χ2n) is 5.81. The SMILES string of the molecule is Cn1cnnc1S(=O)(=O)N1CCCC(c2ccc(F)cc2)CC1. The lowest BCUT2D eigenvalue weighted by atomic mass is 9.92. The molecule has 124 valence electrons. The molecule has 0 saturated carbocycles.